The van der Waals surface area contributed by atoms with Crippen LogP contribution in [0.3, 0.4) is 0 Å². The number of ether oxygens (including phenoxy) is 2. The van der Waals surface area contributed by atoms with Gasteiger partial charge >= 0.3 is 0 Å². The van der Waals surface area contributed by atoms with E-state index in [2.05, 4.69) is 17.2 Å². The molecule has 0 saturated carbocycles. The topological polar surface area (TPSA) is 60.5 Å². The zero-order chi connectivity index (χ0) is 18.9. The molecule has 2 aromatic carbocycles. The first-order valence-electron chi connectivity index (χ1n) is 8.92. The minimum atomic E-state index is -0.145. The molecule has 5 heteroatoms. The van der Waals surface area contributed by atoms with Crippen molar-refractivity contribution >= 4 is 5.91 Å². The van der Waals surface area contributed by atoms with Gasteiger partial charge in [-0.2, -0.15) is 0 Å². The maximum atomic E-state index is 12.0. The molecule has 1 aromatic heterocycles. The second-order valence-corrected chi connectivity index (χ2v) is 5.99. The van der Waals surface area contributed by atoms with Crippen LogP contribution in [0.4, 0.5) is 0 Å². The third kappa shape index (κ3) is 5.57. The monoisotopic (exact) mass is 362 g/mol. The van der Waals surface area contributed by atoms with E-state index in [9.17, 15) is 4.79 Å². The number of nitrogens with one attached hydrogen (secondary N) is 1. The molecule has 0 saturated heterocycles. The van der Waals surface area contributed by atoms with E-state index in [1.165, 1.54) is 0 Å². The Labute approximate surface area is 159 Å². The Morgan fingerprint density at radius 1 is 0.963 bits per heavy atom. The van der Waals surface area contributed by atoms with Crippen LogP contribution in [-0.2, 0) is 6.54 Å². The molecule has 0 spiro atoms. The summed E-state index contributed by atoms with van der Waals surface area (Å²) in [5, 5.41) is 2.87. The maximum absolute atomic E-state index is 12.0. The number of nitrogens with zero attached hydrogens (tertiary/aromatic N) is 1. The van der Waals surface area contributed by atoms with Crippen molar-refractivity contribution < 1.29 is 14.3 Å². The number of pyridine rings is 1. The molecule has 0 aliphatic rings. The van der Waals surface area contributed by atoms with E-state index in [0.29, 0.717) is 18.7 Å². The maximum Gasteiger partial charge on any atom is 0.253 e. The van der Waals surface area contributed by atoms with E-state index >= 15 is 0 Å². The molecule has 0 unspecified atom stereocenters. The van der Waals surface area contributed by atoms with Crippen LogP contribution >= 0.6 is 0 Å². The lowest BCUT2D eigenvalue weighted by molar-refractivity contribution is 0.0950. The molecule has 1 heterocycles. The van der Waals surface area contributed by atoms with Gasteiger partial charge in [-0.3, -0.25) is 9.78 Å². The first-order valence-corrected chi connectivity index (χ1v) is 8.92. The highest BCUT2D eigenvalue weighted by Gasteiger charge is 2.05. The van der Waals surface area contributed by atoms with Crippen molar-refractivity contribution in [3.63, 3.8) is 0 Å². The highest BCUT2D eigenvalue weighted by atomic mass is 16.5. The first-order chi connectivity index (χ1) is 13.2. The summed E-state index contributed by atoms with van der Waals surface area (Å²) in [5.41, 5.74) is 1.53. The largest absolute Gasteiger partial charge is 0.494 e. The SMILES string of the molecule is CCCOc1ccc(Oc2ccc(CNC(=O)c3cccnc3)cc2)cc1. The van der Waals surface area contributed by atoms with E-state index in [1.54, 1.807) is 24.5 Å². The normalized spacial score (nSPS) is 10.3. The van der Waals surface area contributed by atoms with E-state index in [1.807, 2.05) is 48.5 Å². The predicted octanol–water partition coefficient (Wildman–Crippen LogP) is 4.59. The molecule has 1 N–H and O–H groups in total. The van der Waals surface area contributed by atoms with Gasteiger partial charge in [-0.15, -0.1) is 0 Å². The van der Waals surface area contributed by atoms with E-state index < -0.39 is 0 Å². The molecule has 0 aliphatic heterocycles. The number of hydrogen-bond acceptors (Lipinski definition) is 4. The Hall–Kier alpha value is -3.34. The zero-order valence-electron chi connectivity index (χ0n) is 15.2. The van der Waals surface area contributed by atoms with Gasteiger partial charge in [0.15, 0.2) is 0 Å². The van der Waals surface area contributed by atoms with Crippen molar-refractivity contribution in [3.8, 4) is 17.2 Å². The minimum absolute atomic E-state index is 0.145. The van der Waals surface area contributed by atoms with Gasteiger partial charge in [-0.05, 0) is 60.5 Å². The summed E-state index contributed by atoms with van der Waals surface area (Å²) in [6, 6.07) is 18.7. The summed E-state index contributed by atoms with van der Waals surface area (Å²) in [6.45, 7) is 3.22. The van der Waals surface area contributed by atoms with Crippen LogP contribution in [0.5, 0.6) is 17.2 Å². The Morgan fingerprint density at radius 3 is 2.26 bits per heavy atom. The summed E-state index contributed by atoms with van der Waals surface area (Å²) in [5.74, 6) is 2.17. The third-order valence-corrected chi connectivity index (χ3v) is 3.83. The summed E-state index contributed by atoms with van der Waals surface area (Å²) < 4.78 is 11.4. The fourth-order valence-electron chi connectivity index (χ4n) is 2.42. The number of benzene rings is 2. The molecule has 0 atom stereocenters. The van der Waals surface area contributed by atoms with Crippen molar-refractivity contribution in [2.75, 3.05) is 6.61 Å². The summed E-state index contributed by atoms with van der Waals surface area (Å²) in [6.07, 6.45) is 4.17. The van der Waals surface area contributed by atoms with Crippen LogP contribution in [-0.4, -0.2) is 17.5 Å². The van der Waals surface area contributed by atoms with Gasteiger partial charge in [0.25, 0.3) is 5.91 Å². The highest BCUT2D eigenvalue weighted by Crippen LogP contribution is 2.24. The van der Waals surface area contributed by atoms with Crippen molar-refractivity contribution in [1.29, 1.82) is 0 Å². The average molecular weight is 362 g/mol. The highest BCUT2D eigenvalue weighted by molar-refractivity contribution is 5.93. The first kappa shape index (κ1) is 18.5. The number of hydrogen-bond donors (Lipinski definition) is 1. The van der Waals surface area contributed by atoms with Crippen molar-refractivity contribution in [3.05, 3.63) is 84.2 Å². The molecule has 0 fully saturated rings. The lowest BCUT2D eigenvalue weighted by Crippen LogP contribution is -2.22. The second-order valence-electron chi connectivity index (χ2n) is 5.99. The standard InChI is InChI=1S/C22H22N2O3/c1-2-14-26-19-9-11-21(12-10-19)27-20-7-5-17(6-8-20)15-24-22(25)18-4-3-13-23-16-18/h3-13,16H,2,14-15H2,1H3,(H,24,25). The predicted molar refractivity (Wildman–Crippen MR) is 104 cm³/mol. The van der Waals surface area contributed by atoms with Crippen molar-refractivity contribution in [1.82, 2.24) is 10.3 Å². The Morgan fingerprint density at radius 2 is 1.63 bits per heavy atom. The fourth-order valence-corrected chi connectivity index (χ4v) is 2.42. The van der Waals surface area contributed by atoms with E-state index in [0.717, 1.165) is 29.2 Å². The summed E-state index contributed by atoms with van der Waals surface area (Å²) in [7, 11) is 0. The lowest BCUT2D eigenvalue weighted by atomic mass is 10.2. The van der Waals surface area contributed by atoms with Crippen LogP contribution in [0.1, 0.15) is 29.3 Å². The Kier molecular flexibility index (Phi) is 6.41. The number of carbonyl (C=O) groups excluding carboxylic acids is 1. The average Bonchev–Trinajstić information content (AvgIpc) is 2.73. The van der Waals surface area contributed by atoms with Gasteiger partial charge in [0.2, 0.25) is 0 Å². The molecule has 1 amide bonds. The smallest absolute Gasteiger partial charge is 0.253 e. The van der Waals surface area contributed by atoms with Gasteiger partial charge in [-0.25, -0.2) is 0 Å². The molecule has 0 aliphatic carbocycles. The minimum Gasteiger partial charge on any atom is -0.494 e. The molecule has 27 heavy (non-hydrogen) atoms. The molecule has 3 aromatic rings. The van der Waals surface area contributed by atoms with Gasteiger partial charge in [0, 0.05) is 18.9 Å². The van der Waals surface area contributed by atoms with Crippen molar-refractivity contribution in [2.45, 2.75) is 19.9 Å². The summed E-state index contributed by atoms with van der Waals surface area (Å²) >= 11 is 0. The molecular formula is C22H22N2O3. The molecule has 3 rings (SSSR count). The Balaban J connectivity index is 1.52. The second kappa shape index (κ2) is 9.38. The third-order valence-electron chi connectivity index (χ3n) is 3.83. The van der Waals surface area contributed by atoms with Gasteiger partial charge in [-0.1, -0.05) is 19.1 Å². The summed E-state index contributed by atoms with van der Waals surface area (Å²) in [4.78, 5) is 16.0. The van der Waals surface area contributed by atoms with Crippen LogP contribution in [0, 0.1) is 0 Å². The quantitative estimate of drug-likeness (QED) is 0.636. The molecule has 0 radical (unpaired) electrons. The Bertz CT molecular complexity index is 847. The molecule has 138 valence electrons. The lowest BCUT2D eigenvalue weighted by Gasteiger charge is -2.09. The van der Waals surface area contributed by atoms with Crippen LogP contribution in [0.15, 0.2) is 73.1 Å². The number of aromatic nitrogens is 1. The molecule has 5 nitrogen and oxygen atoms in total. The van der Waals surface area contributed by atoms with Crippen LogP contribution in [0.25, 0.3) is 0 Å². The molecule has 0 bridgehead atoms. The van der Waals surface area contributed by atoms with E-state index in [-0.39, 0.29) is 5.91 Å². The van der Waals surface area contributed by atoms with Gasteiger partial charge < -0.3 is 14.8 Å². The zero-order valence-corrected chi connectivity index (χ0v) is 15.2. The van der Waals surface area contributed by atoms with Crippen LogP contribution < -0.4 is 14.8 Å². The van der Waals surface area contributed by atoms with Crippen LogP contribution in [0.2, 0.25) is 0 Å². The number of rotatable bonds is 8. The number of amides is 1. The van der Waals surface area contributed by atoms with E-state index in [4.69, 9.17) is 9.47 Å². The van der Waals surface area contributed by atoms with Crippen molar-refractivity contribution in [2.24, 2.45) is 0 Å². The van der Waals surface area contributed by atoms with Gasteiger partial charge in [0.1, 0.15) is 17.2 Å². The molecular weight excluding hydrogens is 340 g/mol. The fraction of sp³-hybridized carbons (Fsp3) is 0.182. The number of carbonyl (C=O) groups is 1. The van der Waals surface area contributed by atoms with Gasteiger partial charge in [0.05, 0.1) is 12.2 Å².